The molecule has 0 atom stereocenters. The normalized spacial score (nSPS) is 17.2. The largest absolute Gasteiger partial charge is 0.368 e. The van der Waals surface area contributed by atoms with Crippen molar-refractivity contribution in [3.05, 3.63) is 88.2 Å². The highest BCUT2D eigenvalue weighted by molar-refractivity contribution is 9.10. The molecule has 2 aliphatic rings. The molecule has 2 aliphatic heterocycles. The van der Waals surface area contributed by atoms with E-state index in [1.165, 1.54) is 16.8 Å². The van der Waals surface area contributed by atoms with Gasteiger partial charge in [-0.05, 0) is 81.2 Å². The van der Waals surface area contributed by atoms with Crippen LogP contribution < -0.4 is 4.90 Å². The van der Waals surface area contributed by atoms with Crippen molar-refractivity contribution in [3.8, 4) is 5.69 Å². The fourth-order valence-corrected chi connectivity index (χ4v) is 6.72. The molecule has 0 N–H and O–H groups in total. The van der Waals surface area contributed by atoms with Gasteiger partial charge in [0.05, 0.1) is 17.6 Å². The van der Waals surface area contributed by atoms with E-state index >= 15 is 0 Å². The Morgan fingerprint density at radius 1 is 0.872 bits per heavy atom. The maximum atomic E-state index is 13.5. The van der Waals surface area contributed by atoms with Gasteiger partial charge in [-0.15, -0.1) is 0 Å². The van der Waals surface area contributed by atoms with Crippen LogP contribution >= 0.6 is 15.9 Å². The summed E-state index contributed by atoms with van der Waals surface area (Å²) < 4.78 is 3.32. The molecule has 0 radical (unpaired) electrons. The zero-order chi connectivity index (χ0) is 26.9. The lowest BCUT2D eigenvalue weighted by molar-refractivity contribution is -0.137. The number of rotatable bonds is 5. The first-order chi connectivity index (χ1) is 19.0. The van der Waals surface area contributed by atoms with Crippen molar-refractivity contribution in [1.82, 2.24) is 19.4 Å². The third-order valence-electron chi connectivity index (χ3n) is 8.35. The van der Waals surface area contributed by atoms with Gasteiger partial charge in [0.15, 0.2) is 0 Å². The molecule has 0 spiro atoms. The number of piperidine rings is 1. The quantitative estimate of drug-likeness (QED) is 0.289. The van der Waals surface area contributed by atoms with Crippen LogP contribution in [0.15, 0.2) is 71.2 Å². The Labute approximate surface area is 239 Å². The molecule has 2 fully saturated rings. The standard InChI is InChI=1S/C32H36BrN5O/c1-23-7-5-8-24(2)31(23)36-17-19-37(20-18-36)32(39)25-13-15-35(16-14-25)22-30-34-28-11-3-4-12-29(28)38(30)27-10-6-9-26(33)21-27/h3-12,21,25H,13-20,22H2,1-2H3. The molecule has 2 saturated heterocycles. The van der Waals surface area contributed by atoms with Gasteiger partial charge in [-0.2, -0.15) is 0 Å². The third-order valence-corrected chi connectivity index (χ3v) is 8.84. The zero-order valence-electron chi connectivity index (χ0n) is 22.8. The fourth-order valence-electron chi connectivity index (χ4n) is 6.34. The van der Waals surface area contributed by atoms with E-state index in [4.69, 9.17) is 4.98 Å². The molecule has 1 amide bonds. The summed E-state index contributed by atoms with van der Waals surface area (Å²) in [4.78, 5) is 25.5. The van der Waals surface area contributed by atoms with Crippen LogP contribution in [0.25, 0.3) is 16.7 Å². The average Bonchev–Trinajstić information content (AvgIpc) is 3.31. The Morgan fingerprint density at radius 2 is 1.56 bits per heavy atom. The number of piperazine rings is 1. The molecule has 0 unspecified atom stereocenters. The summed E-state index contributed by atoms with van der Waals surface area (Å²) in [5.41, 5.74) is 7.21. The number of aryl methyl sites for hydroxylation is 2. The number of likely N-dealkylation sites (tertiary alicyclic amines) is 1. The van der Waals surface area contributed by atoms with Gasteiger partial charge >= 0.3 is 0 Å². The lowest BCUT2D eigenvalue weighted by Gasteiger charge is -2.40. The number of hydrogen-bond acceptors (Lipinski definition) is 4. The highest BCUT2D eigenvalue weighted by atomic mass is 79.9. The van der Waals surface area contributed by atoms with E-state index in [1.807, 2.05) is 12.1 Å². The van der Waals surface area contributed by atoms with Crippen LogP contribution in [-0.4, -0.2) is 64.5 Å². The molecule has 39 heavy (non-hydrogen) atoms. The number of anilines is 1. The fraction of sp³-hybridized carbons (Fsp3) is 0.375. The summed E-state index contributed by atoms with van der Waals surface area (Å²) >= 11 is 3.63. The topological polar surface area (TPSA) is 44.6 Å². The summed E-state index contributed by atoms with van der Waals surface area (Å²) in [7, 11) is 0. The smallest absolute Gasteiger partial charge is 0.225 e. The van der Waals surface area contributed by atoms with Gasteiger partial charge in [0, 0.05) is 47.9 Å². The summed E-state index contributed by atoms with van der Waals surface area (Å²) in [5.74, 6) is 1.51. The Kier molecular flexibility index (Phi) is 7.45. The minimum absolute atomic E-state index is 0.122. The number of hydrogen-bond donors (Lipinski definition) is 0. The minimum atomic E-state index is 0.122. The molecule has 3 aromatic carbocycles. The molecule has 4 aromatic rings. The second-order valence-electron chi connectivity index (χ2n) is 10.9. The minimum Gasteiger partial charge on any atom is -0.368 e. The number of imidazole rings is 1. The van der Waals surface area contributed by atoms with Crippen LogP contribution in [-0.2, 0) is 11.3 Å². The highest BCUT2D eigenvalue weighted by Crippen LogP contribution is 2.29. The van der Waals surface area contributed by atoms with Crippen LogP contribution in [0, 0.1) is 19.8 Å². The van der Waals surface area contributed by atoms with Gasteiger partial charge in [0.2, 0.25) is 5.91 Å². The molecule has 3 heterocycles. The summed E-state index contributed by atoms with van der Waals surface area (Å²) in [6, 6.07) is 23.2. The average molecular weight is 587 g/mol. The van der Waals surface area contributed by atoms with Gasteiger partial charge in [0.1, 0.15) is 5.82 Å². The lowest BCUT2D eigenvalue weighted by atomic mass is 9.95. The number of nitrogens with zero attached hydrogens (tertiary/aromatic N) is 5. The maximum absolute atomic E-state index is 13.5. The molecule has 6 rings (SSSR count). The van der Waals surface area contributed by atoms with Crippen LogP contribution in [0.2, 0.25) is 0 Å². The van der Waals surface area contributed by atoms with Crippen molar-refractivity contribution in [2.24, 2.45) is 5.92 Å². The molecule has 1 aromatic heterocycles. The summed E-state index contributed by atoms with van der Waals surface area (Å²) in [6.07, 6.45) is 1.82. The number of amides is 1. The highest BCUT2D eigenvalue weighted by Gasteiger charge is 2.31. The summed E-state index contributed by atoms with van der Waals surface area (Å²) in [6.45, 7) is 10.4. The molecule has 0 saturated carbocycles. The number of para-hydroxylation sites is 3. The van der Waals surface area contributed by atoms with E-state index in [9.17, 15) is 4.79 Å². The third kappa shape index (κ3) is 5.35. The predicted octanol–water partition coefficient (Wildman–Crippen LogP) is 5.97. The molecular formula is C32H36BrN5O. The lowest BCUT2D eigenvalue weighted by Crippen LogP contribution is -2.52. The van der Waals surface area contributed by atoms with Crippen molar-refractivity contribution >= 4 is 38.6 Å². The first-order valence-corrected chi connectivity index (χ1v) is 14.8. The molecule has 0 aliphatic carbocycles. The Bertz CT molecular complexity index is 1460. The predicted molar refractivity (Wildman–Crippen MR) is 161 cm³/mol. The van der Waals surface area contributed by atoms with Crippen LogP contribution in [0.1, 0.15) is 29.8 Å². The molecule has 7 heteroatoms. The number of halogens is 1. The molecule has 202 valence electrons. The van der Waals surface area contributed by atoms with Crippen molar-refractivity contribution in [2.45, 2.75) is 33.2 Å². The van der Waals surface area contributed by atoms with E-state index in [0.29, 0.717) is 5.91 Å². The van der Waals surface area contributed by atoms with Gasteiger partial charge in [-0.1, -0.05) is 52.3 Å². The second-order valence-corrected chi connectivity index (χ2v) is 11.9. The Morgan fingerprint density at radius 3 is 2.28 bits per heavy atom. The second kappa shape index (κ2) is 11.1. The molecular weight excluding hydrogens is 550 g/mol. The van der Waals surface area contributed by atoms with Crippen LogP contribution in [0.3, 0.4) is 0 Å². The Balaban J connectivity index is 1.09. The zero-order valence-corrected chi connectivity index (χ0v) is 24.4. The van der Waals surface area contributed by atoms with Gasteiger partial charge < -0.3 is 9.80 Å². The maximum Gasteiger partial charge on any atom is 0.225 e. The first kappa shape index (κ1) is 26.1. The van der Waals surface area contributed by atoms with Crippen molar-refractivity contribution in [3.63, 3.8) is 0 Å². The Hall–Kier alpha value is -3.16. The van der Waals surface area contributed by atoms with Crippen molar-refractivity contribution in [2.75, 3.05) is 44.2 Å². The first-order valence-electron chi connectivity index (χ1n) is 14.0. The van der Waals surface area contributed by atoms with Crippen LogP contribution in [0.4, 0.5) is 5.69 Å². The van der Waals surface area contributed by atoms with E-state index in [0.717, 1.165) is 85.7 Å². The number of carbonyl (C=O) groups is 1. The van der Waals surface area contributed by atoms with E-state index < -0.39 is 0 Å². The summed E-state index contributed by atoms with van der Waals surface area (Å²) in [5, 5.41) is 0. The SMILES string of the molecule is Cc1cccc(C)c1N1CCN(C(=O)C2CCN(Cc3nc4ccccc4n3-c3cccc(Br)c3)CC2)CC1. The number of carbonyl (C=O) groups excluding carboxylic acids is 1. The van der Waals surface area contributed by atoms with E-state index in [1.54, 1.807) is 0 Å². The van der Waals surface area contributed by atoms with E-state index in [-0.39, 0.29) is 5.92 Å². The number of fused-ring (bicyclic) bond motifs is 1. The van der Waals surface area contributed by atoms with Gasteiger partial charge in [-0.3, -0.25) is 14.3 Å². The number of benzene rings is 3. The van der Waals surface area contributed by atoms with Crippen molar-refractivity contribution < 1.29 is 4.79 Å². The number of aromatic nitrogens is 2. The van der Waals surface area contributed by atoms with E-state index in [2.05, 4.69) is 104 Å². The molecule has 6 nitrogen and oxygen atoms in total. The van der Waals surface area contributed by atoms with Gasteiger partial charge in [-0.25, -0.2) is 4.98 Å². The van der Waals surface area contributed by atoms with Crippen LogP contribution in [0.5, 0.6) is 0 Å². The van der Waals surface area contributed by atoms with Crippen molar-refractivity contribution in [1.29, 1.82) is 0 Å². The molecule has 0 bridgehead atoms. The monoisotopic (exact) mass is 585 g/mol. The van der Waals surface area contributed by atoms with Gasteiger partial charge in [0.25, 0.3) is 0 Å².